The van der Waals surface area contributed by atoms with Crippen LogP contribution in [0, 0.1) is 6.92 Å². The lowest BCUT2D eigenvalue weighted by Gasteiger charge is -2.25. The van der Waals surface area contributed by atoms with Crippen LogP contribution in [0.1, 0.15) is 62.1 Å². The number of guanidine groups is 1. The van der Waals surface area contributed by atoms with Gasteiger partial charge in [0.25, 0.3) is 0 Å². The van der Waals surface area contributed by atoms with Gasteiger partial charge >= 0.3 is 0 Å². The van der Waals surface area contributed by atoms with E-state index in [2.05, 4.69) is 44.7 Å². The number of hydrogen-bond acceptors (Lipinski definition) is 5. The van der Waals surface area contributed by atoms with Gasteiger partial charge in [-0.3, -0.25) is 4.99 Å². The van der Waals surface area contributed by atoms with E-state index in [9.17, 15) is 0 Å². The van der Waals surface area contributed by atoms with Crippen LogP contribution in [0.2, 0.25) is 0 Å². The molecule has 0 aromatic carbocycles. The lowest BCUT2D eigenvalue weighted by Crippen LogP contribution is -2.46. The van der Waals surface area contributed by atoms with Crippen LogP contribution in [-0.2, 0) is 19.5 Å². The van der Waals surface area contributed by atoms with Gasteiger partial charge < -0.3 is 15.2 Å². The number of fused-ring (bicyclic) bond motifs is 1. The Morgan fingerprint density at radius 2 is 2.23 bits per heavy atom. The lowest BCUT2D eigenvalue weighted by atomic mass is 9.99. The fourth-order valence-electron chi connectivity index (χ4n) is 3.42. The van der Waals surface area contributed by atoms with Gasteiger partial charge in [0.2, 0.25) is 0 Å². The molecule has 0 radical (unpaired) electrons. The summed E-state index contributed by atoms with van der Waals surface area (Å²) in [7, 11) is 1.78. The van der Waals surface area contributed by atoms with Gasteiger partial charge in [-0.2, -0.15) is 5.10 Å². The van der Waals surface area contributed by atoms with Gasteiger partial charge in [-0.15, -0.1) is 0 Å². The molecule has 0 spiro atoms. The Morgan fingerprint density at radius 3 is 2.96 bits per heavy atom. The quantitative estimate of drug-likeness (QED) is 0.606. The van der Waals surface area contributed by atoms with Crippen molar-refractivity contribution in [3.05, 3.63) is 29.2 Å². The molecular formula is C18H29N7O. The van der Waals surface area contributed by atoms with E-state index in [-0.39, 0.29) is 6.04 Å². The molecule has 0 bridgehead atoms. The molecule has 0 saturated heterocycles. The highest BCUT2D eigenvalue weighted by Crippen LogP contribution is 2.22. The molecule has 26 heavy (non-hydrogen) atoms. The number of nitrogens with one attached hydrogen (secondary N) is 2. The van der Waals surface area contributed by atoms with E-state index in [0.29, 0.717) is 12.5 Å². The van der Waals surface area contributed by atoms with Crippen molar-refractivity contribution >= 4 is 5.96 Å². The minimum absolute atomic E-state index is 0.282. The van der Waals surface area contributed by atoms with Crippen molar-refractivity contribution in [2.75, 3.05) is 7.05 Å². The minimum Gasteiger partial charge on any atom is -0.359 e. The summed E-state index contributed by atoms with van der Waals surface area (Å²) in [6.45, 7) is 7.66. The first-order chi connectivity index (χ1) is 12.6. The van der Waals surface area contributed by atoms with Gasteiger partial charge in [0.05, 0.1) is 18.8 Å². The standard InChI is InChI=1S/C18H29N7O/c1-5-13(6-2)16-9-15(26-24-16)10-20-18(19-4)22-14-7-8-17-21-12(3)23-25(17)11-14/h9,13-14H,5-8,10-11H2,1-4H3,(H2,19,20,22). The highest BCUT2D eigenvalue weighted by molar-refractivity contribution is 5.79. The number of aryl methyl sites for hydroxylation is 2. The lowest BCUT2D eigenvalue weighted by molar-refractivity contribution is 0.365. The number of hydrogen-bond donors (Lipinski definition) is 2. The average molecular weight is 359 g/mol. The average Bonchev–Trinajstić information content (AvgIpc) is 3.25. The molecule has 2 aromatic heterocycles. The summed E-state index contributed by atoms with van der Waals surface area (Å²) >= 11 is 0. The topological polar surface area (TPSA) is 93.2 Å². The van der Waals surface area contributed by atoms with E-state index in [1.165, 1.54) is 0 Å². The van der Waals surface area contributed by atoms with Crippen molar-refractivity contribution < 1.29 is 4.52 Å². The van der Waals surface area contributed by atoms with E-state index in [0.717, 1.165) is 61.3 Å². The van der Waals surface area contributed by atoms with Crippen molar-refractivity contribution in [2.24, 2.45) is 4.99 Å². The third-order valence-corrected chi connectivity index (χ3v) is 4.94. The van der Waals surface area contributed by atoms with Crippen molar-refractivity contribution in [2.45, 2.75) is 71.5 Å². The Labute approximate surface area is 154 Å². The summed E-state index contributed by atoms with van der Waals surface area (Å²) in [6, 6.07) is 2.33. The van der Waals surface area contributed by atoms with Crippen molar-refractivity contribution in [1.29, 1.82) is 0 Å². The predicted octanol–water partition coefficient (Wildman–Crippen LogP) is 2.16. The Kier molecular flexibility index (Phi) is 5.90. The number of nitrogens with zero attached hydrogens (tertiary/aromatic N) is 5. The van der Waals surface area contributed by atoms with Crippen LogP contribution in [-0.4, -0.2) is 39.0 Å². The zero-order valence-corrected chi connectivity index (χ0v) is 16.1. The summed E-state index contributed by atoms with van der Waals surface area (Å²) in [5.74, 6) is 3.96. The summed E-state index contributed by atoms with van der Waals surface area (Å²) in [6.07, 6.45) is 4.09. The normalized spacial score (nSPS) is 17.4. The molecule has 1 unspecified atom stereocenters. The zero-order valence-electron chi connectivity index (χ0n) is 16.1. The molecular weight excluding hydrogens is 330 g/mol. The van der Waals surface area contributed by atoms with Crippen molar-refractivity contribution in [3.8, 4) is 0 Å². The van der Waals surface area contributed by atoms with Crippen LogP contribution in [0.15, 0.2) is 15.6 Å². The third-order valence-electron chi connectivity index (χ3n) is 4.94. The smallest absolute Gasteiger partial charge is 0.191 e. The summed E-state index contributed by atoms with van der Waals surface area (Å²) in [5, 5.41) is 15.4. The number of aromatic nitrogens is 4. The van der Waals surface area contributed by atoms with Gasteiger partial charge in [0.15, 0.2) is 11.7 Å². The maximum atomic E-state index is 5.47. The molecule has 1 aliphatic rings. The fourth-order valence-corrected chi connectivity index (χ4v) is 3.42. The molecule has 3 heterocycles. The first kappa shape index (κ1) is 18.4. The second-order valence-electron chi connectivity index (χ2n) is 6.79. The van der Waals surface area contributed by atoms with Crippen molar-refractivity contribution in [1.82, 2.24) is 30.6 Å². The van der Waals surface area contributed by atoms with Crippen LogP contribution >= 0.6 is 0 Å². The molecule has 1 aliphatic heterocycles. The van der Waals surface area contributed by atoms with E-state index in [4.69, 9.17) is 4.52 Å². The van der Waals surface area contributed by atoms with E-state index < -0.39 is 0 Å². The van der Waals surface area contributed by atoms with Crippen molar-refractivity contribution in [3.63, 3.8) is 0 Å². The summed E-state index contributed by atoms with van der Waals surface area (Å²) in [5.41, 5.74) is 1.04. The third kappa shape index (κ3) is 4.23. The summed E-state index contributed by atoms with van der Waals surface area (Å²) in [4.78, 5) is 8.77. The molecule has 2 N–H and O–H groups in total. The molecule has 0 saturated carbocycles. The van der Waals surface area contributed by atoms with Crippen LogP contribution in [0.3, 0.4) is 0 Å². The van der Waals surface area contributed by atoms with Gasteiger partial charge in [0, 0.05) is 31.5 Å². The minimum atomic E-state index is 0.282. The van der Waals surface area contributed by atoms with Gasteiger partial charge in [0.1, 0.15) is 11.6 Å². The molecule has 2 aromatic rings. The van der Waals surface area contributed by atoms with E-state index >= 15 is 0 Å². The Balaban J connectivity index is 1.53. The maximum absolute atomic E-state index is 5.47. The second-order valence-corrected chi connectivity index (χ2v) is 6.79. The summed E-state index contributed by atoms with van der Waals surface area (Å²) < 4.78 is 7.45. The molecule has 0 aliphatic carbocycles. The number of rotatable bonds is 6. The van der Waals surface area contributed by atoms with Gasteiger partial charge in [-0.1, -0.05) is 19.0 Å². The fraction of sp³-hybridized carbons (Fsp3) is 0.667. The van der Waals surface area contributed by atoms with Crippen LogP contribution < -0.4 is 10.6 Å². The largest absolute Gasteiger partial charge is 0.359 e. The van der Waals surface area contributed by atoms with Crippen LogP contribution in [0.4, 0.5) is 0 Å². The zero-order chi connectivity index (χ0) is 18.5. The molecule has 1 atom stereocenters. The molecule has 142 valence electrons. The van der Waals surface area contributed by atoms with Crippen LogP contribution in [0.25, 0.3) is 0 Å². The van der Waals surface area contributed by atoms with Gasteiger partial charge in [-0.05, 0) is 26.2 Å². The molecule has 3 rings (SSSR count). The SMILES string of the molecule is CCC(CC)c1cc(CNC(=NC)NC2CCc3nc(C)nn3C2)on1. The Bertz CT molecular complexity index is 745. The van der Waals surface area contributed by atoms with Crippen LogP contribution in [0.5, 0.6) is 0 Å². The second kappa shape index (κ2) is 8.33. The monoisotopic (exact) mass is 359 g/mol. The molecule has 8 nitrogen and oxygen atoms in total. The maximum Gasteiger partial charge on any atom is 0.191 e. The molecule has 0 fully saturated rings. The Hall–Kier alpha value is -2.38. The predicted molar refractivity (Wildman–Crippen MR) is 100 cm³/mol. The highest BCUT2D eigenvalue weighted by Gasteiger charge is 2.21. The first-order valence-electron chi connectivity index (χ1n) is 9.45. The molecule has 0 amide bonds. The van der Waals surface area contributed by atoms with E-state index in [1.54, 1.807) is 7.05 Å². The number of aliphatic imine (C=N–C) groups is 1. The van der Waals surface area contributed by atoms with Gasteiger partial charge in [-0.25, -0.2) is 9.67 Å². The van der Waals surface area contributed by atoms with E-state index in [1.807, 2.05) is 17.7 Å². The first-order valence-corrected chi connectivity index (χ1v) is 9.45. The Morgan fingerprint density at radius 1 is 1.42 bits per heavy atom. The molecule has 8 heteroatoms. The highest BCUT2D eigenvalue weighted by atomic mass is 16.5.